The van der Waals surface area contributed by atoms with Gasteiger partial charge in [-0.05, 0) is 55.9 Å². The van der Waals surface area contributed by atoms with E-state index in [1.54, 1.807) is 0 Å². The van der Waals surface area contributed by atoms with Crippen molar-refractivity contribution in [2.24, 2.45) is 5.92 Å². The molecule has 1 aromatic carbocycles. The first-order valence-electron chi connectivity index (χ1n) is 7.49. The zero-order valence-corrected chi connectivity index (χ0v) is 11.9. The van der Waals surface area contributed by atoms with Gasteiger partial charge in [-0.3, -0.25) is 4.79 Å². The van der Waals surface area contributed by atoms with E-state index in [0.29, 0.717) is 5.92 Å². The largest absolute Gasteiger partial charge is 0.384 e. The molecule has 1 aromatic rings. The molecule has 1 atom stereocenters. The molecule has 4 heteroatoms. The molecule has 1 saturated heterocycles. The molecule has 1 amide bonds. The SMILES string of the molecule is CC(NC(=O)c1ccc2c(c1)CCN2)C1CCOCC1. The fourth-order valence-electron chi connectivity index (χ4n) is 3.07. The Bertz CT molecular complexity index is 495. The third-order valence-electron chi connectivity index (χ3n) is 4.41. The lowest BCUT2D eigenvalue weighted by Crippen LogP contribution is -2.40. The van der Waals surface area contributed by atoms with Crippen LogP contribution in [0.5, 0.6) is 0 Å². The fourth-order valence-corrected chi connectivity index (χ4v) is 3.07. The average molecular weight is 274 g/mol. The Morgan fingerprint density at radius 2 is 2.20 bits per heavy atom. The maximum atomic E-state index is 12.3. The quantitative estimate of drug-likeness (QED) is 0.888. The predicted octanol–water partition coefficient (Wildman–Crippen LogP) is 2.20. The first-order valence-corrected chi connectivity index (χ1v) is 7.49. The number of carbonyl (C=O) groups excluding carboxylic acids is 1. The van der Waals surface area contributed by atoms with E-state index in [-0.39, 0.29) is 11.9 Å². The zero-order chi connectivity index (χ0) is 13.9. The van der Waals surface area contributed by atoms with Gasteiger partial charge in [-0.25, -0.2) is 0 Å². The number of fused-ring (bicyclic) bond motifs is 1. The smallest absolute Gasteiger partial charge is 0.251 e. The molecule has 0 radical (unpaired) electrons. The Morgan fingerprint density at radius 3 is 3.00 bits per heavy atom. The summed E-state index contributed by atoms with van der Waals surface area (Å²) < 4.78 is 5.37. The maximum Gasteiger partial charge on any atom is 0.251 e. The van der Waals surface area contributed by atoms with Crippen LogP contribution >= 0.6 is 0 Å². The van der Waals surface area contributed by atoms with Crippen LogP contribution in [0.2, 0.25) is 0 Å². The molecular formula is C16H22N2O2. The van der Waals surface area contributed by atoms with Gasteiger partial charge in [0.15, 0.2) is 0 Å². The molecule has 3 rings (SSSR count). The highest BCUT2D eigenvalue weighted by Gasteiger charge is 2.22. The molecule has 0 spiro atoms. The number of rotatable bonds is 3. The van der Waals surface area contributed by atoms with Crippen LogP contribution in [0.25, 0.3) is 0 Å². The molecule has 1 fully saturated rings. The number of ether oxygens (including phenoxy) is 1. The number of carbonyl (C=O) groups is 1. The van der Waals surface area contributed by atoms with Gasteiger partial charge in [-0.2, -0.15) is 0 Å². The van der Waals surface area contributed by atoms with E-state index in [9.17, 15) is 4.79 Å². The van der Waals surface area contributed by atoms with Crippen molar-refractivity contribution >= 4 is 11.6 Å². The Balaban J connectivity index is 1.63. The Labute approximate surface area is 119 Å². The van der Waals surface area contributed by atoms with E-state index in [1.807, 2.05) is 18.2 Å². The van der Waals surface area contributed by atoms with E-state index < -0.39 is 0 Å². The molecule has 2 aliphatic heterocycles. The molecular weight excluding hydrogens is 252 g/mol. The number of benzene rings is 1. The van der Waals surface area contributed by atoms with Crippen LogP contribution < -0.4 is 10.6 Å². The lowest BCUT2D eigenvalue weighted by atomic mass is 9.92. The van der Waals surface area contributed by atoms with Crippen LogP contribution in [0.4, 0.5) is 5.69 Å². The van der Waals surface area contributed by atoms with Gasteiger partial charge in [0, 0.05) is 37.1 Å². The highest BCUT2D eigenvalue weighted by atomic mass is 16.5. The molecule has 20 heavy (non-hydrogen) atoms. The monoisotopic (exact) mass is 274 g/mol. The van der Waals surface area contributed by atoms with E-state index in [0.717, 1.165) is 44.6 Å². The summed E-state index contributed by atoms with van der Waals surface area (Å²) in [7, 11) is 0. The second kappa shape index (κ2) is 5.83. The molecule has 0 aromatic heterocycles. The minimum Gasteiger partial charge on any atom is -0.384 e. The summed E-state index contributed by atoms with van der Waals surface area (Å²) >= 11 is 0. The number of anilines is 1. The van der Waals surface area contributed by atoms with Crippen molar-refractivity contribution < 1.29 is 9.53 Å². The van der Waals surface area contributed by atoms with E-state index in [2.05, 4.69) is 17.6 Å². The van der Waals surface area contributed by atoms with Crippen molar-refractivity contribution in [3.05, 3.63) is 29.3 Å². The number of amides is 1. The van der Waals surface area contributed by atoms with Crippen molar-refractivity contribution in [1.82, 2.24) is 5.32 Å². The minimum absolute atomic E-state index is 0.0405. The topological polar surface area (TPSA) is 50.4 Å². The van der Waals surface area contributed by atoms with Crippen LogP contribution in [-0.4, -0.2) is 31.7 Å². The molecule has 0 aliphatic carbocycles. The van der Waals surface area contributed by atoms with Crippen LogP contribution in [0.1, 0.15) is 35.7 Å². The molecule has 4 nitrogen and oxygen atoms in total. The summed E-state index contributed by atoms with van der Waals surface area (Å²) in [6, 6.07) is 6.14. The summed E-state index contributed by atoms with van der Waals surface area (Å²) in [4.78, 5) is 12.3. The first-order chi connectivity index (χ1) is 9.74. The molecule has 2 N–H and O–H groups in total. The highest BCUT2D eigenvalue weighted by Crippen LogP contribution is 2.23. The Kier molecular flexibility index (Phi) is 3.92. The van der Waals surface area contributed by atoms with Crippen molar-refractivity contribution in [3.63, 3.8) is 0 Å². The van der Waals surface area contributed by atoms with Gasteiger partial charge in [0.2, 0.25) is 0 Å². The summed E-state index contributed by atoms with van der Waals surface area (Å²) in [5.74, 6) is 0.572. The number of nitrogens with one attached hydrogen (secondary N) is 2. The van der Waals surface area contributed by atoms with Crippen molar-refractivity contribution in [1.29, 1.82) is 0 Å². The van der Waals surface area contributed by atoms with Crippen molar-refractivity contribution in [2.45, 2.75) is 32.2 Å². The van der Waals surface area contributed by atoms with Crippen LogP contribution in [0.3, 0.4) is 0 Å². The Morgan fingerprint density at radius 1 is 1.40 bits per heavy atom. The minimum atomic E-state index is 0.0405. The predicted molar refractivity (Wildman–Crippen MR) is 79.1 cm³/mol. The van der Waals surface area contributed by atoms with Crippen molar-refractivity contribution in [3.8, 4) is 0 Å². The second-order valence-electron chi connectivity index (χ2n) is 5.76. The van der Waals surface area contributed by atoms with Gasteiger partial charge >= 0.3 is 0 Å². The molecule has 2 heterocycles. The van der Waals surface area contributed by atoms with E-state index in [4.69, 9.17) is 4.74 Å². The third-order valence-corrected chi connectivity index (χ3v) is 4.41. The fraction of sp³-hybridized carbons (Fsp3) is 0.562. The second-order valence-corrected chi connectivity index (χ2v) is 5.76. The van der Waals surface area contributed by atoms with Gasteiger partial charge in [0.25, 0.3) is 5.91 Å². The summed E-state index contributed by atoms with van der Waals surface area (Å²) in [5, 5.41) is 6.46. The zero-order valence-electron chi connectivity index (χ0n) is 11.9. The maximum absolute atomic E-state index is 12.3. The average Bonchev–Trinajstić information content (AvgIpc) is 2.95. The first kappa shape index (κ1) is 13.4. The van der Waals surface area contributed by atoms with Gasteiger partial charge in [0.1, 0.15) is 0 Å². The highest BCUT2D eigenvalue weighted by molar-refractivity contribution is 5.95. The molecule has 0 bridgehead atoms. The molecule has 0 saturated carbocycles. The molecule has 2 aliphatic rings. The van der Waals surface area contributed by atoms with Crippen LogP contribution in [0, 0.1) is 5.92 Å². The summed E-state index contributed by atoms with van der Waals surface area (Å²) in [6.07, 6.45) is 3.08. The van der Waals surface area contributed by atoms with Gasteiger partial charge in [-0.1, -0.05) is 0 Å². The molecule has 1 unspecified atom stereocenters. The number of hydrogen-bond acceptors (Lipinski definition) is 3. The summed E-state index contributed by atoms with van der Waals surface area (Å²) in [6.45, 7) is 4.70. The third kappa shape index (κ3) is 2.80. The lowest BCUT2D eigenvalue weighted by Gasteiger charge is -2.28. The van der Waals surface area contributed by atoms with Gasteiger partial charge in [-0.15, -0.1) is 0 Å². The molecule has 108 valence electrons. The van der Waals surface area contributed by atoms with Gasteiger partial charge in [0.05, 0.1) is 0 Å². The van der Waals surface area contributed by atoms with E-state index >= 15 is 0 Å². The lowest BCUT2D eigenvalue weighted by molar-refractivity contribution is 0.0538. The normalized spacial score (nSPS) is 20.1. The number of hydrogen-bond donors (Lipinski definition) is 2. The van der Waals surface area contributed by atoms with E-state index in [1.165, 1.54) is 11.3 Å². The van der Waals surface area contributed by atoms with Crippen molar-refractivity contribution in [2.75, 3.05) is 25.1 Å². The standard InChI is InChI=1S/C16H22N2O2/c1-11(12-5-8-20-9-6-12)18-16(19)14-2-3-15-13(10-14)4-7-17-15/h2-3,10-12,17H,4-9H2,1H3,(H,18,19). The van der Waals surface area contributed by atoms with Crippen LogP contribution in [-0.2, 0) is 11.2 Å². The Hall–Kier alpha value is -1.55. The summed E-state index contributed by atoms with van der Waals surface area (Å²) in [5.41, 5.74) is 3.18. The van der Waals surface area contributed by atoms with Crippen LogP contribution in [0.15, 0.2) is 18.2 Å². The van der Waals surface area contributed by atoms with Gasteiger partial charge < -0.3 is 15.4 Å².